The van der Waals surface area contributed by atoms with E-state index in [1.54, 1.807) is 37.3 Å². The number of carbonyl (C=O) groups excluding carboxylic acids is 1. The van der Waals surface area contributed by atoms with Crippen molar-refractivity contribution < 1.29 is 54.0 Å². The van der Waals surface area contributed by atoms with Crippen LogP contribution in [0.15, 0.2) is 30.3 Å². The SMILES string of the molecule is C[C@@]12C[C@@]3(O)O[C@@H](O1)[C@]1(COC(=O)c4ccccc4)[C@H]3C[C@@]12O[C@H]1O[C@H](CO)[C@@H](O)[C@H](O)[C@H]1O. The van der Waals surface area contributed by atoms with E-state index in [1.165, 1.54) is 0 Å². The van der Waals surface area contributed by atoms with Gasteiger partial charge >= 0.3 is 5.97 Å². The molecule has 7 aliphatic rings. The lowest BCUT2D eigenvalue weighted by molar-refractivity contribution is -0.424. The maximum Gasteiger partial charge on any atom is 0.338 e. The minimum absolute atomic E-state index is 0.0902. The molecule has 0 radical (unpaired) electrons. The minimum atomic E-state index is -1.61. The van der Waals surface area contributed by atoms with Crippen molar-refractivity contribution in [2.75, 3.05) is 13.2 Å². The summed E-state index contributed by atoms with van der Waals surface area (Å²) in [5.41, 5.74) is -2.99. The monoisotopic (exact) mass is 480 g/mol. The van der Waals surface area contributed by atoms with Gasteiger partial charge in [-0.05, 0) is 25.5 Å². The van der Waals surface area contributed by atoms with E-state index in [9.17, 15) is 30.3 Å². The van der Waals surface area contributed by atoms with Gasteiger partial charge in [-0.3, -0.25) is 0 Å². The Hall–Kier alpha value is -1.67. The first-order chi connectivity index (χ1) is 16.1. The molecule has 11 atom stereocenters. The Morgan fingerprint density at radius 1 is 1.12 bits per heavy atom. The molecule has 4 saturated heterocycles. The Labute approximate surface area is 194 Å². The Morgan fingerprint density at radius 3 is 2.56 bits per heavy atom. The fraction of sp³-hybridized carbons (Fsp3) is 0.696. The molecule has 186 valence electrons. The molecule has 7 fully saturated rings. The number of hydrogen-bond donors (Lipinski definition) is 5. The van der Waals surface area contributed by atoms with Crippen LogP contribution in [0.2, 0.25) is 0 Å². The number of hydrogen-bond acceptors (Lipinski definition) is 11. The maximum atomic E-state index is 12.7. The second kappa shape index (κ2) is 7.19. The van der Waals surface area contributed by atoms with Crippen molar-refractivity contribution in [2.24, 2.45) is 11.3 Å². The number of carbonyl (C=O) groups is 1. The number of esters is 1. The first-order valence-electron chi connectivity index (χ1n) is 11.4. The lowest BCUT2D eigenvalue weighted by atomic mass is 9.41. The van der Waals surface area contributed by atoms with Gasteiger partial charge in [-0.2, -0.15) is 0 Å². The summed E-state index contributed by atoms with van der Waals surface area (Å²) < 4.78 is 29.7. The minimum Gasteiger partial charge on any atom is -0.461 e. The second-order valence-corrected chi connectivity index (χ2v) is 10.2. The fourth-order valence-corrected chi connectivity index (χ4v) is 6.87. The van der Waals surface area contributed by atoms with Crippen LogP contribution < -0.4 is 0 Å². The summed E-state index contributed by atoms with van der Waals surface area (Å²) in [4.78, 5) is 12.7. The van der Waals surface area contributed by atoms with E-state index in [-0.39, 0.29) is 19.4 Å². The molecule has 3 aliphatic carbocycles. The number of aliphatic hydroxyl groups excluding tert-OH is 4. The van der Waals surface area contributed by atoms with Crippen LogP contribution in [0.4, 0.5) is 0 Å². The number of ether oxygens (including phenoxy) is 5. The average molecular weight is 480 g/mol. The molecule has 0 aromatic heterocycles. The van der Waals surface area contributed by atoms with E-state index in [4.69, 9.17) is 23.7 Å². The standard InChI is InChI=1S/C23H28O11/c1-20-9-22(29)13-7-23(20,32-18-16(27)15(26)14(25)12(8-24)31-18)21(13,19(33-20)34-22)10-30-17(28)11-5-3-2-4-6-11/h2-6,12-16,18-19,24-27,29H,7-10H2,1H3/t12-,13-,14-,15+,16-,18-,19-,20+,21+,22-,23+/m1/s1. The highest BCUT2D eigenvalue weighted by Crippen LogP contribution is 2.81. The van der Waals surface area contributed by atoms with Gasteiger partial charge in [0, 0.05) is 12.3 Å². The van der Waals surface area contributed by atoms with Crippen molar-refractivity contribution >= 4 is 5.97 Å². The van der Waals surface area contributed by atoms with Gasteiger partial charge in [0.1, 0.15) is 42.2 Å². The van der Waals surface area contributed by atoms with Crippen molar-refractivity contribution in [1.29, 1.82) is 0 Å². The number of aliphatic hydroxyl groups is 5. The molecule has 1 aromatic carbocycles. The predicted molar refractivity (Wildman–Crippen MR) is 109 cm³/mol. The average Bonchev–Trinajstić information content (AvgIpc) is 3.00. The van der Waals surface area contributed by atoms with Crippen LogP contribution in [0.3, 0.4) is 0 Å². The lowest BCUT2D eigenvalue weighted by Crippen LogP contribution is -2.80. The fourth-order valence-electron chi connectivity index (χ4n) is 6.87. The molecule has 11 heteroatoms. The van der Waals surface area contributed by atoms with Crippen LogP contribution in [0.25, 0.3) is 0 Å². The molecule has 11 nitrogen and oxygen atoms in total. The van der Waals surface area contributed by atoms with E-state index in [1.807, 2.05) is 0 Å². The van der Waals surface area contributed by atoms with Gasteiger partial charge in [0.25, 0.3) is 0 Å². The Bertz CT molecular complexity index is 988. The molecule has 0 unspecified atom stereocenters. The zero-order valence-electron chi connectivity index (χ0n) is 18.4. The molecule has 5 N–H and O–H groups in total. The molecule has 6 bridgehead atoms. The highest BCUT2D eigenvalue weighted by molar-refractivity contribution is 5.89. The zero-order valence-corrected chi connectivity index (χ0v) is 18.4. The Morgan fingerprint density at radius 2 is 1.85 bits per heavy atom. The summed E-state index contributed by atoms with van der Waals surface area (Å²) in [7, 11) is 0. The molecule has 3 saturated carbocycles. The normalized spacial score (nSPS) is 52.5. The van der Waals surface area contributed by atoms with Crippen LogP contribution >= 0.6 is 0 Å². The summed E-state index contributed by atoms with van der Waals surface area (Å²) in [6.45, 7) is 0.985. The number of rotatable bonds is 6. The van der Waals surface area contributed by atoms with E-state index in [2.05, 4.69) is 0 Å². The maximum absolute atomic E-state index is 12.7. The van der Waals surface area contributed by atoms with Gasteiger partial charge in [0.15, 0.2) is 18.4 Å². The third kappa shape index (κ3) is 2.59. The third-order valence-electron chi connectivity index (χ3n) is 8.57. The molecule has 1 aromatic rings. The van der Waals surface area contributed by atoms with E-state index in [0.717, 1.165) is 0 Å². The summed E-state index contributed by atoms with van der Waals surface area (Å²) in [6.07, 6.45) is -7.87. The largest absolute Gasteiger partial charge is 0.461 e. The molecule has 8 rings (SSSR count). The molecule has 0 amide bonds. The first-order valence-corrected chi connectivity index (χ1v) is 11.4. The van der Waals surface area contributed by atoms with E-state index in [0.29, 0.717) is 5.56 Å². The van der Waals surface area contributed by atoms with Crippen LogP contribution in [-0.4, -0.2) is 98.7 Å². The van der Waals surface area contributed by atoms with Crippen molar-refractivity contribution in [2.45, 2.75) is 73.8 Å². The molecule has 34 heavy (non-hydrogen) atoms. The smallest absolute Gasteiger partial charge is 0.338 e. The topological polar surface area (TPSA) is 164 Å². The van der Waals surface area contributed by atoms with Gasteiger partial charge in [0.05, 0.1) is 17.6 Å². The van der Waals surface area contributed by atoms with Crippen molar-refractivity contribution in [3.05, 3.63) is 35.9 Å². The van der Waals surface area contributed by atoms with Crippen LogP contribution in [0, 0.1) is 11.3 Å². The number of benzene rings is 1. The van der Waals surface area contributed by atoms with Crippen LogP contribution in [0.5, 0.6) is 0 Å². The molecule has 0 spiro atoms. The van der Waals surface area contributed by atoms with Gasteiger partial charge in [-0.25, -0.2) is 4.79 Å². The van der Waals surface area contributed by atoms with Gasteiger partial charge in [-0.1, -0.05) is 18.2 Å². The van der Waals surface area contributed by atoms with Crippen molar-refractivity contribution in [3.8, 4) is 0 Å². The highest BCUT2D eigenvalue weighted by Gasteiger charge is 2.94. The molecule has 4 heterocycles. The second-order valence-electron chi connectivity index (χ2n) is 10.2. The van der Waals surface area contributed by atoms with Gasteiger partial charge in [0.2, 0.25) is 0 Å². The van der Waals surface area contributed by atoms with Crippen LogP contribution in [-0.2, 0) is 23.7 Å². The van der Waals surface area contributed by atoms with Gasteiger partial charge < -0.3 is 49.2 Å². The van der Waals surface area contributed by atoms with Gasteiger partial charge in [-0.15, -0.1) is 0 Å². The Kier molecular flexibility index (Phi) is 4.81. The zero-order chi connectivity index (χ0) is 24.1. The van der Waals surface area contributed by atoms with Crippen molar-refractivity contribution in [1.82, 2.24) is 0 Å². The lowest BCUT2D eigenvalue weighted by Gasteiger charge is -2.67. The molecular formula is C23H28O11. The highest BCUT2D eigenvalue weighted by atomic mass is 16.8. The quantitative estimate of drug-likeness (QED) is 0.306. The third-order valence-corrected chi connectivity index (χ3v) is 8.57. The van der Waals surface area contributed by atoms with Crippen LogP contribution in [0.1, 0.15) is 30.1 Å². The van der Waals surface area contributed by atoms with E-state index >= 15 is 0 Å². The summed E-state index contributed by atoms with van der Waals surface area (Å²) in [5.74, 6) is -2.49. The summed E-state index contributed by atoms with van der Waals surface area (Å²) in [6, 6.07) is 8.47. The summed E-state index contributed by atoms with van der Waals surface area (Å²) in [5, 5.41) is 51.7. The summed E-state index contributed by atoms with van der Waals surface area (Å²) >= 11 is 0. The van der Waals surface area contributed by atoms with Crippen molar-refractivity contribution in [3.63, 3.8) is 0 Å². The molecular weight excluding hydrogens is 452 g/mol. The van der Waals surface area contributed by atoms with E-state index < -0.39 is 77.9 Å². The predicted octanol–water partition coefficient (Wildman–Crippen LogP) is -1.36. The first kappa shape index (κ1) is 22.8. The Balaban J connectivity index is 1.32. The molecule has 4 aliphatic heterocycles.